The maximum atomic E-state index is 11.2. The van der Waals surface area contributed by atoms with Crippen molar-refractivity contribution in [1.29, 1.82) is 0 Å². The molecule has 3 heteroatoms. The number of carbonyl (C=O) groups excluding carboxylic acids is 1. The standard InChI is InChI=1S/C10H20O3/c1-10(2,3)13-9(11)7-5-6-8-12-4/h5-8H2,1-4H3. The fourth-order valence-electron chi connectivity index (χ4n) is 0.908. The van der Waals surface area contributed by atoms with Crippen LogP contribution in [0.1, 0.15) is 40.0 Å². The van der Waals surface area contributed by atoms with Gasteiger partial charge in [0.15, 0.2) is 0 Å². The highest BCUT2D eigenvalue weighted by Gasteiger charge is 2.15. The Morgan fingerprint density at radius 3 is 2.31 bits per heavy atom. The summed E-state index contributed by atoms with van der Waals surface area (Å²) in [5.74, 6) is -0.122. The summed E-state index contributed by atoms with van der Waals surface area (Å²) >= 11 is 0. The molecule has 0 saturated heterocycles. The van der Waals surface area contributed by atoms with Crippen LogP contribution < -0.4 is 0 Å². The molecule has 0 aliphatic rings. The summed E-state index contributed by atoms with van der Waals surface area (Å²) in [6, 6.07) is 0. The second-order valence-corrected chi connectivity index (χ2v) is 4.04. The van der Waals surface area contributed by atoms with Crippen molar-refractivity contribution in [3.05, 3.63) is 0 Å². The predicted molar refractivity (Wildman–Crippen MR) is 51.6 cm³/mol. The minimum absolute atomic E-state index is 0.122. The molecule has 0 aliphatic heterocycles. The lowest BCUT2D eigenvalue weighted by atomic mass is 10.2. The van der Waals surface area contributed by atoms with Gasteiger partial charge in [-0.25, -0.2) is 0 Å². The molecule has 0 atom stereocenters. The summed E-state index contributed by atoms with van der Waals surface area (Å²) in [5, 5.41) is 0. The van der Waals surface area contributed by atoms with Crippen LogP contribution in [0, 0.1) is 0 Å². The number of ether oxygens (including phenoxy) is 2. The van der Waals surface area contributed by atoms with Crippen molar-refractivity contribution >= 4 is 5.97 Å². The zero-order chi connectivity index (χ0) is 10.3. The molecule has 0 aliphatic carbocycles. The fraction of sp³-hybridized carbons (Fsp3) is 0.900. The van der Waals surface area contributed by atoms with Gasteiger partial charge < -0.3 is 9.47 Å². The Kier molecular flexibility index (Phi) is 5.71. The van der Waals surface area contributed by atoms with Crippen LogP contribution in [0.15, 0.2) is 0 Å². The van der Waals surface area contributed by atoms with Crippen molar-refractivity contribution in [1.82, 2.24) is 0 Å². The minimum Gasteiger partial charge on any atom is -0.460 e. The van der Waals surface area contributed by atoms with Gasteiger partial charge in [0.25, 0.3) is 0 Å². The zero-order valence-electron chi connectivity index (χ0n) is 9.05. The Morgan fingerprint density at radius 1 is 1.23 bits per heavy atom. The van der Waals surface area contributed by atoms with Crippen LogP contribution in [-0.2, 0) is 14.3 Å². The highest BCUT2D eigenvalue weighted by atomic mass is 16.6. The summed E-state index contributed by atoms with van der Waals surface area (Å²) < 4.78 is 10.0. The first-order valence-corrected chi connectivity index (χ1v) is 4.66. The second kappa shape index (κ2) is 5.97. The molecule has 0 aromatic rings. The molecule has 78 valence electrons. The van der Waals surface area contributed by atoms with Gasteiger partial charge in [-0.3, -0.25) is 4.79 Å². The molecule has 0 N–H and O–H groups in total. The van der Waals surface area contributed by atoms with E-state index in [0.717, 1.165) is 12.8 Å². The van der Waals surface area contributed by atoms with Gasteiger partial charge in [-0.1, -0.05) is 0 Å². The van der Waals surface area contributed by atoms with E-state index in [4.69, 9.17) is 9.47 Å². The summed E-state index contributed by atoms with van der Waals surface area (Å²) in [7, 11) is 1.66. The fourth-order valence-corrected chi connectivity index (χ4v) is 0.908. The summed E-state index contributed by atoms with van der Waals surface area (Å²) in [6.45, 7) is 6.34. The Morgan fingerprint density at radius 2 is 1.85 bits per heavy atom. The van der Waals surface area contributed by atoms with E-state index in [2.05, 4.69) is 0 Å². The first kappa shape index (κ1) is 12.4. The molecule has 0 heterocycles. The topological polar surface area (TPSA) is 35.5 Å². The van der Waals surface area contributed by atoms with E-state index in [0.29, 0.717) is 13.0 Å². The van der Waals surface area contributed by atoms with Gasteiger partial charge >= 0.3 is 5.97 Å². The van der Waals surface area contributed by atoms with Gasteiger partial charge in [0, 0.05) is 20.1 Å². The number of rotatable bonds is 5. The summed E-state index contributed by atoms with van der Waals surface area (Å²) in [5.41, 5.74) is -0.363. The first-order chi connectivity index (χ1) is 5.95. The number of hydrogen-bond acceptors (Lipinski definition) is 3. The van der Waals surface area contributed by atoms with E-state index in [1.165, 1.54) is 0 Å². The Labute approximate surface area is 80.4 Å². The summed E-state index contributed by atoms with van der Waals surface area (Å²) in [4.78, 5) is 11.2. The zero-order valence-corrected chi connectivity index (χ0v) is 9.05. The first-order valence-electron chi connectivity index (χ1n) is 4.66. The van der Waals surface area contributed by atoms with Crippen molar-refractivity contribution in [2.24, 2.45) is 0 Å². The lowest BCUT2D eigenvalue weighted by Crippen LogP contribution is -2.23. The van der Waals surface area contributed by atoms with Crippen molar-refractivity contribution in [2.75, 3.05) is 13.7 Å². The van der Waals surface area contributed by atoms with Crippen molar-refractivity contribution in [3.8, 4) is 0 Å². The highest BCUT2D eigenvalue weighted by molar-refractivity contribution is 5.69. The number of esters is 1. The molecular weight excluding hydrogens is 168 g/mol. The van der Waals surface area contributed by atoms with Gasteiger partial charge in [-0.05, 0) is 33.6 Å². The molecule has 0 radical (unpaired) electrons. The predicted octanol–water partition coefficient (Wildman–Crippen LogP) is 2.14. The second-order valence-electron chi connectivity index (χ2n) is 4.04. The minimum atomic E-state index is -0.363. The van der Waals surface area contributed by atoms with Gasteiger partial charge in [0.05, 0.1) is 0 Å². The van der Waals surface area contributed by atoms with Crippen molar-refractivity contribution in [3.63, 3.8) is 0 Å². The van der Waals surface area contributed by atoms with E-state index in [9.17, 15) is 4.79 Å². The number of carbonyl (C=O) groups is 1. The molecule has 0 saturated carbocycles. The third-order valence-electron chi connectivity index (χ3n) is 1.40. The monoisotopic (exact) mass is 188 g/mol. The lowest BCUT2D eigenvalue weighted by molar-refractivity contribution is -0.154. The van der Waals surface area contributed by atoms with Gasteiger partial charge in [0.2, 0.25) is 0 Å². The quantitative estimate of drug-likeness (QED) is 0.490. The molecule has 0 rings (SSSR count). The SMILES string of the molecule is COCCCCC(=O)OC(C)(C)C. The number of methoxy groups -OCH3 is 1. The smallest absolute Gasteiger partial charge is 0.306 e. The van der Waals surface area contributed by atoms with Crippen LogP contribution in [0.4, 0.5) is 0 Å². The molecule has 0 aromatic carbocycles. The van der Waals surface area contributed by atoms with E-state index >= 15 is 0 Å². The Bertz CT molecular complexity index is 147. The van der Waals surface area contributed by atoms with Crippen molar-refractivity contribution in [2.45, 2.75) is 45.6 Å². The molecule has 0 bridgehead atoms. The van der Waals surface area contributed by atoms with Gasteiger partial charge in [-0.15, -0.1) is 0 Å². The molecular formula is C10H20O3. The third kappa shape index (κ3) is 9.34. The molecule has 0 unspecified atom stereocenters. The molecule has 0 aromatic heterocycles. The van der Waals surface area contributed by atoms with E-state index in [1.54, 1.807) is 7.11 Å². The highest BCUT2D eigenvalue weighted by Crippen LogP contribution is 2.09. The van der Waals surface area contributed by atoms with Crippen LogP contribution in [0.5, 0.6) is 0 Å². The third-order valence-corrected chi connectivity index (χ3v) is 1.40. The van der Waals surface area contributed by atoms with Crippen LogP contribution in [0.25, 0.3) is 0 Å². The van der Waals surface area contributed by atoms with Crippen LogP contribution in [0.2, 0.25) is 0 Å². The normalized spacial score (nSPS) is 11.4. The van der Waals surface area contributed by atoms with Gasteiger partial charge in [0.1, 0.15) is 5.60 Å². The molecule has 0 fully saturated rings. The molecule has 0 amide bonds. The number of hydrogen-bond donors (Lipinski definition) is 0. The largest absolute Gasteiger partial charge is 0.460 e. The lowest BCUT2D eigenvalue weighted by Gasteiger charge is -2.19. The van der Waals surface area contributed by atoms with Crippen molar-refractivity contribution < 1.29 is 14.3 Å². The van der Waals surface area contributed by atoms with E-state index in [1.807, 2.05) is 20.8 Å². The van der Waals surface area contributed by atoms with Gasteiger partial charge in [-0.2, -0.15) is 0 Å². The van der Waals surface area contributed by atoms with E-state index in [-0.39, 0.29) is 11.6 Å². The number of unbranched alkanes of at least 4 members (excludes halogenated alkanes) is 1. The maximum Gasteiger partial charge on any atom is 0.306 e. The molecule has 3 nitrogen and oxygen atoms in total. The van der Waals surface area contributed by atoms with Crippen LogP contribution in [0.3, 0.4) is 0 Å². The van der Waals surface area contributed by atoms with E-state index < -0.39 is 0 Å². The average molecular weight is 188 g/mol. The van der Waals surface area contributed by atoms with Crippen LogP contribution >= 0.6 is 0 Å². The summed E-state index contributed by atoms with van der Waals surface area (Å²) in [6.07, 6.45) is 2.24. The van der Waals surface area contributed by atoms with Crippen LogP contribution in [-0.4, -0.2) is 25.3 Å². The maximum absolute atomic E-state index is 11.2. The Hall–Kier alpha value is -0.570. The molecule has 0 spiro atoms. The molecule has 13 heavy (non-hydrogen) atoms. The average Bonchev–Trinajstić information content (AvgIpc) is 1.94. The Balaban J connectivity index is 3.41.